The Labute approximate surface area is 302 Å². The fraction of sp³-hybridized carbons (Fsp3) is 0.548. The van der Waals surface area contributed by atoms with Gasteiger partial charge in [-0.3, -0.25) is 14.4 Å². The third-order valence-corrected chi connectivity index (χ3v) is 10.9. The number of carbonyl (C=O) groups excluding carboxylic acids is 3. The maximum absolute atomic E-state index is 14.9. The second kappa shape index (κ2) is 14.6. The van der Waals surface area contributed by atoms with E-state index in [0.717, 1.165) is 24.0 Å². The second-order valence-corrected chi connectivity index (χ2v) is 15.5. The van der Waals surface area contributed by atoms with Crippen molar-refractivity contribution in [1.82, 2.24) is 5.32 Å². The summed E-state index contributed by atoms with van der Waals surface area (Å²) in [5.41, 5.74) is 0.670. The first kappa shape index (κ1) is 38.3. The Morgan fingerprint density at radius 1 is 0.980 bits per heavy atom. The quantitative estimate of drug-likeness (QED) is 0.104. The van der Waals surface area contributed by atoms with E-state index in [1.165, 1.54) is 5.57 Å². The number of phenols is 2. The molecule has 1 aromatic rings. The SMILES string of the molecule is CCOCCNC(=O)/C(C)=C/C[C@@]12OC(C)(C)[C@@H]3C[C@@H](C=C4C(=O)c5c(O)c(C/C=C(\C)CCC=C(C)C)c(O)c(CC=C(C)C)c5O[C@]431)C2=O. The van der Waals surface area contributed by atoms with Gasteiger partial charge in [-0.1, -0.05) is 47.1 Å². The summed E-state index contributed by atoms with van der Waals surface area (Å²) in [6.07, 6.45) is 12.1. The van der Waals surface area contributed by atoms with Crippen molar-refractivity contribution in [3.63, 3.8) is 0 Å². The molecule has 1 amide bonds. The van der Waals surface area contributed by atoms with Crippen LogP contribution in [-0.4, -0.2) is 64.2 Å². The minimum Gasteiger partial charge on any atom is -0.507 e. The van der Waals surface area contributed by atoms with Crippen LogP contribution in [0.15, 0.2) is 58.2 Å². The number of hydrogen-bond acceptors (Lipinski definition) is 8. The van der Waals surface area contributed by atoms with Crippen LogP contribution in [0.25, 0.3) is 0 Å². The molecule has 1 spiro atoms. The monoisotopic (exact) mass is 701 g/mol. The number of benzene rings is 1. The number of ether oxygens (including phenoxy) is 3. The molecule has 276 valence electrons. The molecule has 9 heteroatoms. The van der Waals surface area contributed by atoms with Gasteiger partial charge in [0.1, 0.15) is 22.8 Å². The Bertz CT molecular complexity index is 1770. The molecule has 6 rings (SSSR count). The number of nitrogens with one attached hydrogen (secondary N) is 1. The fourth-order valence-corrected chi connectivity index (χ4v) is 8.33. The van der Waals surface area contributed by atoms with Crippen molar-refractivity contribution in [2.45, 2.75) is 118 Å². The van der Waals surface area contributed by atoms with E-state index in [1.54, 1.807) is 19.1 Å². The average Bonchev–Trinajstić information content (AvgIpc) is 3.21. The van der Waals surface area contributed by atoms with Crippen LogP contribution >= 0.6 is 0 Å². The predicted octanol–water partition coefficient (Wildman–Crippen LogP) is 7.34. The number of phenolic OH excluding ortho intramolecular Hbond substituents is 2. The van der Waals surface area contributed by atoms with Gasteiger partial charge in [-0.25, -0.2) is 0 Å². The number of carbonyl (C=O) groups is 3. The molecule has 5 aliphatic rings. The Morgan fingerprint density at radius 2 is 1.67 bits per heavy atom. The van der Waals surface area contributed by atoms with E-state index in [9.17, 15) is 24.6 Å². The van der Waals surface area contributed by atoms with E-state index in [1.807, 2.05) is 53.7 Å². The van der Waals surface area contributed by atoms with Gasteiger partial charge in [0, 0.05) is 53.7 Å². The molecule has 9 nitrogen and oxygen atoms in total. The molecule has 2 heterocycles. The summed E-state index contributed by atoms with van der Waals surface area (Å²) in [6.45, 7) is 18.7. The molecular formula is C42H55NO8. The predicted molar refractivity (Wildman–Crippen MR) is 197 cm³/mol. The second-order valence-electron chi connectivity index (χ2n) is 15.5. The normalized spacial score (nSPS) is 25.9. The summed E-state index contributed by atoms with van der Waals surface area (Å²) >= 11 is 0. The highest BCUT2D eigenvalue weighted by atomic mass is 16.6. The van der Waals surface area contributed by atoms with E-state index >= 15 is 0 Å². The lowest BCUT2D eigenvalue weighted by Gasteiger charge is -2.56. The van der Waals surface area contributed by atoms with Crippen molar-refractivity contribution >= 4 is 17.5 Å². The molecule has 3 N–H and O–H groups in total. The van der Waals surface area contributed by atoms with E-state index in [4.69, 9.17) is 14.2 Å². The lowest BCUT2D eigenvalue weighted by Crippen LogP contribution is -2.72. The van der Waals surface area contributed by atoms with Crippen LogP contribution in [0.1, 0.15) is 109 Å². The highest BCUT2D eigenvalue weighted by Gasteiger charge is 2.81. The van der Waals surface area contributed by atoms with Gasteiger partial charge in [0.25, 0.3) is 0 Å². The number of hydrogen-bond donors (Lipinski definition) is 3. The first-order valence-electron chi connectivity index (χ1n) is 18.3. The molecule has 0 unspecified atom stereocenters. The molecule has 1 aromatic carbocycles. The van der Waals surface area contributed by atoms with Crippen LogP contribution in [0, 0.1) is 11.8 Å². The summed E-state index contributed by atoms with van der Waals surface area (Å²) < 4.78 is 19.2. The average molecular weight is 702 g/mol. The maximum atomic E-state index is 14.9. The van der Waals surface area contributed by atoms with Gasteiger partial charge in [0.05, 0.1) is 12.2 Å². The van der Waals surface area contributed by atoms with Gasteiger partial charge >= 0.3 is 0 Å². The Morgan fingerprint density at radius 3 is 2.33 bits per heavy atom. The molecule has 1 saturated heterocycles. The first-order valence-corrected chi connectivity index (χ1v) is 18.3. The molecule has 4 bridgehead atoms. The molecule has 0 aromatic heterocycles. The number of amides is 1. The fourth-order valence-electron chi connectivity index (χ4n) is 8.33. The number of ketones is 2. The maximum Gasteiger partial charge on any atom is 0.246 e. The van der Waals surface area contributed by atoms with Crippen molar-refractivity contribution in [3.8, 4) is 17.2 Å². The lowest BCUT2D eigenvalue weighted by atomic mass is 9.51. The van der Waals surface area contributed by atoms with Gasteiger partial charge < -0.3 is 29.7 Å². The lowest BCUT2D eigenvalue weighted by molar-refractivity contribution is -0.171. The molecule has 2 fully saturated rings. The van der Waals surface area contributed by atoms with Crippen molar-refractivity contribution in [3.05, 3.63) is 74.9 Å². The number of aromatic hydroxyl groups is 2. The molecule has 0 radical (unpaired) electrons. The van der Waals surface area contributed by atoms with E-state index in [2.05, 4.69) is 25.2 Å². The zero-order valence-corrected chi connectivity index (χ0v) is 31.7. The van der Waals surface area contributed by atoms with Crippen LogP contribution in [0.3, 0.4) is 0 Å². The molecule has 2 aliphatic heterocycles. The van der Waals surface area contributed by atoms with Crippen LogP contribution in [0.2, 0.25) is 0 Å². The molecular weight excluding hydrogens is 646 g/mol. The largest absolute Gasteiger partial charge is 0.507 e. The van der Waals surface area contributed by atoms with E-state index < -0.39 is 34.4 Å². The molecule has 1 saturated carbocycles. The number of Topliss-reactive ketones (excluding diaryl/α,β-unsaturated/α-hetero) is 2. The topological polar surface area (TPSA) is 131 Å². The number of allylic oxidation sites excluding steroid dienone is 7. The summed E-state index contributed by atoms with van der Waals surface area (Å²) in [6, 6.07) is 0. The minimum absolute atomic E-state index is 0.000166. The smallest absolute Gasteiger partial charge is 0.246 e. The third kappa shape index (κ3) is 6.63. The summed E-state index contributed by atoms with van der Waals surface area (Å²) in [4.78, 5) is 42.3. The number of rotatable bonds is 14. The van der Waals surface area contributed by atoms with Crippen LogP contribution in [-0.2, 0) is 31.9 Å². The minimum atomic E-state index is -1.61. The van der Waals surface area contributed by atoms with Crippen molar-refractivity contribution in [2.75, 3.05) is 19.8 Å². The van der Waals surface area contributed by atoms with Crippen LogP contribution in [0.4, 0.5) is 0 Å². The van der Waals surface area contributed by atoms with Gasteiger partial charge in [0.15, 0.2) is 22.8 Å². The summed E-state index contributed by atoms with van der Waals surface area (Å²) in [5, 5.41) is 26.5. The Hall–Kier alpha value is -3.95. The highest BCUT2D eigenvalue weighted by Crippen LogP contribution is 2.68. The Kier molecular flexibility index (Phi) is 10.9. The third-order valence-electron chi connectivity index (χ3n) is 10.9. The van der Waals surface area contributed by atoms with Crippen LogP contribution in [0.5, 0.6) is 17.2 Å². The summed E-state index contributed by atoms with van der Waals surface area (Å²) in [7, 11) is 0. The zero-order valence-electron chi connectivity index (χ0n) is 31.7. The standard InChI is InChI=1S/C42H55NO8/c1-10-49-21-20-43-39(48)27(7)18-19-41-38(47)28-22-31-36(46)33-35(45)29(17-15-26(6)13-11-12-24(2)3)34(44)30(16-14-25(4)5)37(33)50-42(31,41)32(23-28)40(8,9)51-41/h12,14-15,18,22,28,32,44-45H,10-11,13,16-17,19-21,23H2,1-9H3,(H,43,48)/b26-15+,27-18+/t28-,32+,41+,42-/m1/s1. The van der Waals surface area contributed by atoms with Gasteiger partial charge in [-0.2, -0.15) is 0 Å². The summed E-state index contributed by atoms with van der Waals surface area (Å²) in [5.74, 6) is -2.28. The molecule has 3 aliphatic carbocycles. The van der Waals surface area contributed by atoms with E-state index in [0.29, 0.717) is 42.9 Å². The zero-order chi connectivity index (χ0) is 37.5. The van der Waals surface area contributed by atoms with Crippen molar-refractivity contribution < 1.29 is 38.8 Å². The van der Waals surface area contributed by atoms with Gasteiger partial charge in [-0.05, 0) is 94.4 Å². The van der Waals surface area contributed by atoms with Gasteiger partial charge in [0.2, 0.25) is 5.91 Å². The number of fused-ring (bicyclic) bond motifs is 1. The van der Waals surface area contributed by atoms with Crippen molar-refractivity contribution in [1.29, 1.82) is 0 Å². The van der Waals surface area contributed by atoms with Gasteiger partial charge in [-0.15, -0.1) is 0 Å². The van der Waals surface area contributed by atoms with Crippen LogP contribution < -0.4 is 10.1 Å². The van der Waals surface area contributed by atoms with Crippen molar-refractivity contribution in [2.24, 2.45) is 11.8 Å². The molecule has 4 atom stereocenters. The highest BCUT2D eigenvalue weighted by molar-refractivity contribution is 6.18. The van der Waals surface area contributed by atoms with E-state index in [-0.39, 0.29) is 59.3 Å². The first-order chi connectivity index (χ1) is 24.0. The Balaban J connectivity index is 1.63. The molecule has 51 heavy (non-hydrogen) atoms.